The van der Waals surface area contributed by atoms with Gasteiger partial charge in [0.25, 0.3) is 0 Å². The Morgan fingerprint density at radius 1 is 1.00 bits per heavy atom. The summed E-state index contributed by atoms with van der Waals surface area (Å²) in [6.07, 6.45) is 2.58. The standard InChI is InChI=1S/C28H30BrCl2N3O3/c29-22-15-19(14-21(27(22)32)17-34-10-3-4-11-34)18-36-12-13-37-26(35)16-20-6-1-2-9-25(20)33-28-23(30)7-5-8-24(28)31/h1-2,5-9,14-15,33H,3-4,10-13,16-18,32H2. The number of nitrogens with two attached hydrogens (primary N) is 1. The number of ether oxygens (including phenoxy) is 2. The molecular weight excluding hydrogens is 577 g/mol. The van der Waals surface area contributed by atoms with E-state index in [1.165, 1.54) is 12.8 Å². The summed E-state index contributed by atoms with van der Waals surface area (Å²) in [5, 5.41) is 4.23. The highest BCUT2D eigenvalue weighted by Gasteiger charge is 2.16. The fraction of sp³-hybridized carbons (Fsp3) is 0.321. The lowest BCUT2D eigenvalue weighted by molar-refractivity contribution is -0.144. The molecule has 0 aliphatic carbocycles. The van der Waals surface area contributed by atoms with Gasteiger partial charge in [-0.3, -0.25) is 9.69 Å². The van der Waals surface area contributed by atoms with E-state index < -0.39 is 0 Å². The number of nitrogen functional groups attached to an aromatic ring is 1. The fourth-order valence-electron chi connectivity index (χ4n) is 4.29. The summed E-state index contributed by atoms with van der Waals surface area (Å²) in [5.74, 6) is -0.341. The van der Waals surface area contributed by atoms with E-state index in [4.69, 9.17) is 38.4 Å². The highest BCUT2D eigenvalue weighted by Crippen LogP contribution is 2.34. The Bertz CT molecular complexity index is 1220. The van der Waals surface area contributed by atoms with Gasteiger partial charge >= 0.3 is 5.97 Å². The average molecular weight is 607 g/mol. The number of nitrogens with one attached hydrogen (secondary N) is 1. The van der Waals surface area contributed by atoms with Gasteiger partial charge in [0.1, 0.15) is 6.61 Å². The third kappa shape index (κ3) is 7.85. The molecule has 1 aliphatic heterocycles. The molecule has 9 heteroatoms. The second-order valence-electron chi connectivity index (χ2n) is 8.96. The van der Waals surface area contributed by atoms with Crippen LogP contribution in [0, 0.1) is 0 Å². The number of halogens is 3. The molecule has 1 heterocycles. The van der Waals surface area contributed by atoms with Gasteiger partial charge in [0, 0.05) is 16.7 Å². The number of rotatable bonds is 11. The largest absolute Gasteiger partial charge is 0.463 e. The molecule has 0 unspecified atom stereocenters. The van der Waals surface area contributed by atoms with Crippen molar-refractivity contribution in [3.8, 4) is 0 Å². The van der Waals surface area contributed by atoms with Crippen molar-refractivity contribution in [1.82, 2.24) is 4.90 Å². The monoisotopic (exact) mass is 605 g/mol. The molecule has 0 amide bonds. The van der Waals surface area contributed by atoms with Gasteiger partial charge in [-0.05, 0) is 82.8 Å². The van der Waals surface area contributed by atoms with Gasteiger partial charge in [-0.15, -0.1) is 0 Å². The first-order valence-corrected chi connectivity index (χ1v) is 13.8. The molecular formula is C28H30BrCl2N3O3. The van der Waals surface area contributed by atoms with E-state index in [0.717, 1.165) is 52.2 Å². The van der Waals surface area contributed by atoms with Crippen LogP contribution in [-0.2, 0) is 33.8 Å². The van der Waals surface area contributed by atoms with Gasteiger partial charge in [0.2, 0.25) is 0 Å². The van der Waals surface area contributed by atoms with Crippen LogP contribution in [0.1, 0.15) is 29.5 Å². The number of benzene rings is 3. The first-order chi connectivity index (χ1) is 17.9. The van der Waals surface area contributed by atoms with E-state index in [1.54, 1.807) is 18.2 Å². The second-order valence-corrected chi connectivity index (χ2v) is 10.6. The van der Waals surface area contributed by atoms with E-state index in [-0.39, 0.29) is 19.0 Å². The fourth-order valence-corrected chi connectivity index (χ4v) is 5.33. The molecule has 1 aliphatic rings. The van der Waals surface area contributed by atoms with Gasteiger partial charge in [-0.2, -0.15) is 0 Å². The van der Waals surface area contributed by atoms with E-state index >= 15 is 0 Å². The van der Waals surface area contributed by atoms with E-state index in [9.17, 15) is 4.79 Å². The average Bonchev–Trinajstić information content (AvgIpc) is 3.38. The maximum absolute atomic E-state index is 12.5. The number of hydrogen-bond acceptors (Lipinski definition) is 6. The highest BCUT2D eigenvalue weighted by molar-refractivity contribution is 9.10. The van der Waals surface area contributed by atoms with Crippen molar-refractivity contribution in [1.29, 1.82) is 0 Å². The molecule has 3 aromatic rings. The topological polar surface area (TPSA) is 76.8 Å². The van der Waals surface area contributed by atoms with Crippen molar-refractivity contribution in [3.05, 3.63) is 85.8 Å². The Hall–Kier alpha value is -2.29. The molecule has 3 N–H and O–H groups in total. The van der Waals surface area contributed by atoms with Crippen LogP contribution >= 0.6 is 39.1 Å². The van der Waals surface area contributed by atoms with Gasteiger partial charge in [-0.25, -0.2) is 0 Å². The molecule has 0 atom stereocenters. The van der Waals surface area contributed by atoms with Gasteiger partial charge in [0.15, 0.2) is 0 Å². The van der Waals surface area contributed by atoms with Gasteiger partial charge < -0.3 is 20.5 Å². The van der Waals surface area contributed by atoms with Crippen molar-refractivity contribution in [2.45, 2.75) is 32.4 Å². The Balaban J connectivity index is 1.25. The summed E-state index contributed by atoms with van der Waals surface area (Å²) in [7, 11) is 0. The van der Waals surface area contributed by atoms with Crippen LogP contribution in [0.15, 0.2) is 59.1 Å². The van der Waals surface area contributed by atoms with Gasteiger partial charge in [-0.1, -0.05) is 53.5 Å². The van der Waals surface area contributed by atoms with E-state index in [2.05, 4.69) is 32.2 Å². The first kappa shape index (κ1) is 27.7. The van der Waals surface area contributed by atoms with Crippen LogP contribution in [0.4, 0.5) is 17.1 Å². The molecule has 0 bridgehead atoms. The minimum atomic E-state index is -0.341. The van der Waals surface area contributed by atoms with Crippen LogP contribution in [0.2, 0.25) is 10.0 Å². The lowest BCUT2D eigenvalue weighted by Gasteiger charge is -2.18. The number of likely N-dealkylation sites (tertiary alicyclic amines) is 1. The Morgan fingerprint density at radius 3 is 2.49 bits per heavy atom. The van der Waals surface area contributed by atoms with Crippen LogP contribution in [0.3, 0.4) is 0 Å². The van der Waals surface area contributed by atoms with Crippen LogP contribution in [-0.4, -0.2) is 37.2 Å². The maximum Gasteiger partial charge on any atom is 0.310 e. The quantitative estimate of drug-likeness (QED) is 0.139. The molecule has 0 saturated carbocycles. The number of hydrogen-bond donors (Lipinski definition) is 2. The van der Waals surface area contributed by atoms with E-state index in [1.807, 2.05) is 30.3 Å². The minimum absolute atomic E-state index is 0.107. The molecule has 0 radical (unpaired) electrons. The van der Waals surface area contributed by atoms with Crippen molar-refractivity contribution in [2.24, 2.45) is 0 Å². The SMILES string of the molecule is Nc1c(Br)cc(COCCOC(=O)Cc2ccccc2Nc2c(Cl)cccc2Cl)cc1CN1CCCC1. The number of anilines is 3. The van der Waals surface area contributed by atoms with Crippen molar-refractivity contribution in [3.63, 3.8) is 0 Å². The molecule has 1 fully saturated rings. The minimum Gasteiger partial charge on any atom is -0.463 e. The second kappa shape index (κ2) is 13.5. The molecule has 196 valence electrons. The summed E-state index contributed by atoms with van der Waals surface area (Å²) < 4.78 is 12.1. The molecule has 1 saturated heterocycles. The molecule has 37 heavy (non-hydrogen) atoms. The normalized spacial score (nSPS) is 13.6. The molecule has 4 rings (SSSR count). The highest BCUT2D eigenvalue weighted by atomic mass is 79.9. The zero-order valence-electron chi connectivity index (χ0n) is 20.4. The lowest BCUT2D eigenvalue weighted by atomic mass is 10.1. The maximum atomic E-state index is 12.5. The predicted molar refractivity (Wildman–Crippen MR) is 154 cm³/mol. The van der Waals surface area contributed by atoms with Crippen LogP contribution in [0.5, 0.6) is 0 Å². The van der Waals surface area contributed by atoms with Crippen molar-refractivity contribution >= 4 is 62.2 Å². The third-order valence-corrected chi connectivity index (χ3v) is 7.49. The smallest absolute Gasteiger partial charge is 0.310 e. The Kier molecular flexibility index (Phi) is 10.1. The molecule has 6 nitrogen and oxygen atoms in total. The predicted octanol–water partition coefficient (Wildman–Crippen LogP) is 6.98. The number of nitrogens with zero attached hydrogens (tertiary/aromatic N) is 1. The number of carbonyl (C=O) groups excluding carboxylic acids is 1. The summed E-state index contributed by atoms with van der Waals surface area (Å²) >= 11 is 16.1. The summed E-state index contributed by atoms with van der Waals surface area (Å²) in [4.78, 5) is 14.9. The summed E-state index contributed by atoms with van der Waals surface area (Å²) in [5.41, 5.74) is 11.3. The molecule has 0 aromatic heterocycles. The number of esters is 1. The first-order valence-electron chi connectivity index (χ1n) is 12.2. The zero-order valence-corrected chi connectivity index (χ0v) is 23.5. The number of carbonyl (C=O) groups is 1. The third-order valence-electron chi connectivity index (χ3n) is 6.20. The summed E-state index contributed by atoms with van der Waals surface area (Å²) in [6, 6.07) is 16.8. The summed E-state index contributed by atoms with van der Waals surface area (Å²) in [6.45, 7) is 3.93. The van der Waals surface area contributed by atoms with Crippen molar-refractivity contribution in [2.75, 3.05) is 37.4 Å². The van der Waals surface area contributed by atoms with Crippen LogP contribution < -0.4 is 11.1 Å². The van der Waals surface area contributed by atoms with Gasteiger partial charge in [0.05, 0.1) is 41.1 Å². The number of para-hydroxylation sites is 2. The molecule has 0 spiro atoms. The van der Waals surface area contributed by atoms with Crippen molar-refractivity contribution < 1.29 is 14.3 Å². The zero-order chi connectivity index (χ0) is 26.2. The lowest BCUT2D eigenvalue weighted by Crippen LogP contribution is -2.19. The van der Waals surface area contributed by atoms with Crippen LogP contribution in [0.25, 0.3) is 0 Å². The van der Waals surface area contributed by atoms with E-state index in [0.29, 0.717) is 28.9 Å². The Labute approximate surface area is 236 Å². The Morgan fingerprint density at radius 2 is 1.73 bits per heavy atom. The molecule has 3 aromatic carbocycles.